The van der Waals surface area contributed by atoms with E-state index in [0.717, 1.165) is 0 Å². The zero-order valence-corrected chi connectivity index (χ0v) is 13.4. The number of para-hydroxylation sites is 1. The highest BCUT2D eigenvalue weighted by Gasteiger charge is 2.53. The number of ether oxygens (including phenoxy) is 2. The summed E-state index contributed by atoms with van der Waals surface area (Å²) < 4.78 is 10.5. The van der Waals surface area contributed by atoms with Crippen LogP contribution in [0.25, 0.3) is 0 Å². The van der Waals surface area contributed by atoms with Gasteiger partial charge in [0.15, 0.2) is 0 Å². The molecule has 24 heavy (non-hydrogen) atoms. The van der Waals surface area contributed by atoms with E-state index in [1.807, 2.05) is 0 Å². The second-order valence-electron chi connectivity index (χ2n) is 5.93. The summed E-state index contributed by atoms with van der Waals surface area (Å²) in [6.07, 6.45) is 0. The molecule has 0 saturated heterocycles. The summed E-state index contributed by atoms with van der Waals surface area (Å²) in [5.74, 6) is 0.00550. The van der Waals surface area contributed by atoms with E-state index in [0.29, 0.717) is 22.6 Å². The van der Waals surface area contributed by atoms with E-state index in [-0.39, 0.29) is 6.54 Å². The number of esters is 1. The van der Waals surface area contributed by atoms with Gasteiger partial charge in [-0.1, -0.05) is 30.3 Å². The van der Waals surface area contributed by atoms with Crippen molar-refractivity contribution in [1.29, 1.82) is 0 Å². The molecule has 0 unspecified atom stereocenters. The Balaban J connectivity index is 2.11. The summed E-state index contributed by atoms with van der Waals surface area (Å²) in [6.45, 7) is 1.34. The van der Waals surface area contributed by atoms with E-state index in [1.54, 1.807) is 62.6 Å². The van der Waals surface area contributed by atoms with E-state index in [9.17, 15) is 14.9 Å². The van der Waals surface area contributed by atoms with Gasteiger partial charge in [-0.3, -0.25) is 14.9 Å². The molecular weight excluding hydrogens is 310 g/mol. The van der Waals surface area contributed by atoms with Gasteiger partial charge in [-0.2, -0.15) is 0 Å². The Labute approximate surface area is 139 Å². The molecule has 0 saturated carbocycles. The van der Waals surface area contributed by atoms with Crippen molar-refractivity contribution in [2.75, 3.05) is 13.7 Å². The first-order chi connectivity index (χ1) is 11.5. The van der Waals surface area contributed by atoms with Crippen LogP contribution in [0.1, 0.15) is 24.0 Å². The molecule has 0 aliphatic carbocycles. The molecule has 0 aromatic heterocycles. The van der Waals surface area contributed by atoms with Crippen molar-refractivity contribution >= 4 is 5.97 Å². The Bertz CT molecular complexity index is 786. The van der Waals surface area contributed by atoms with Crippen LogP contribution in [0.15, 0.2) is 48.5 Å². The van der Waals surface area contributed by atoms with Crippen LogP contribution in [-0.2, 0) is 10.2 Å². The molecule has 0 radical (unpaired) electrons. The largest absolute Gasteiger partial charge is 0.497 e. The Kier molecular flexibility index (Phi) is 3.97. The van der Waals surface area contributed by atoms with Crippen molar-refractivity contribution in [3.05, 3.63) is 69.8 Å². The molecule has 0 spiro atoms. The molecule has 3 rings (SSSR count). The van der Waals surface area contributed by atoms with Crippen molar-refractivity contribution in [2.45, 2.75) is 18.3 Å². The summed E-state index contributed by atoms with van der Waals surface area (Å²) in [7, 11) is 1.55. The molecule has 0 fully saturated rings. The van der Waals surface area contributed by atoms with Crippen LogP contribution in [0.3, 0.4) is 0 Å². The van der Waals surface area contributed by atoms with Gasteiger partial charge in [0.2, 0.25) is 6.54 Å². The van der Waals surface area contributed by atoms with E-state index in [1.165, 1.54) is 0 Å². The van der Waals surface area contributed by atoms with Gasteiger partial charge in [0.25, 0.3) is 0 Å². The van der Waals surface area contributed by atoms with Crippen LogP contribution >= 0.6 is 0 Å². The summed E-state index contributed by atoms with van der Waals surface area (Å²) >= 11 is 0. The Hall–Kier alpha value is -2.89. The lowest BCUT2D eigenvalue weighted by Crippen LogP contribution is -2.40. The van der Waals surface area contributed by atoms with Crippen molar-refractivity contribution in [2.24, 2.45) is 0 Å². The molecule has 1 aliphatic heterocycles. The smallest absolute Gasteiger partial charge is 0.322 e. The molecule has 0 N–H and O–H groups in total. The summed E-state index contributed by atoms with van der Waals surface area (Å²) in [5.41, 5.74) is 0.263. The fourth-order valence-corrected chi connectivity index (χ4v) is 3.24. The van der Waals surface area contributed by atoms with Gasteiger partial charge in [0, 0.05) is 10.5 Å². The van der Waals surface area contributed by atoms with Crippen LogP contribution in [0.4, 0.5) is 0 Å². The minimum atomic E-state index is -1.11. The van der Waals surface area contributed by atoms with Crippen molar-refractivity contribution in [3.63, 3.8) is 0 Å². The van der Waals surface area contributed by atoms with Crippen LogP contribution in [0.5, 0.6) is 11.5 Å². The molecule has 1 heterocycles. The lowest BCUT2D eigenvalue weighted by atomic mass is 9.69. The maximum atomic E-state index is 12.6. The monoisotopic (exact) mass is 327 g/mol. The highest BCUT2D eigenvalue weighted by Crippen LogP contribution is 2.48. The minimum Gasteiger partial charge on any atom is -0.497 e. The molecule has 2 aromatic rings. The van der Waals surface area contributed by atoms with E-state index < -0.39 is 22.2 Å². The normalized spacial score (nSPS) is 20.2. The number of nitro groups is 1. The number of carbonyl (C=O) groups excluding carboxylic acids is 1. The topological polar surface area (TPSA) is 78.7 Å². The number of hydrogen-bond acceptors (Lipinski definition) is 5. The number of benzene rings is 2. The van der Waals surface area contributed by atoms with Crippen LogP contribution in [0, 0.1) is 10.1 Å². The quantitative estimate of drug-likeness (QED) is 0.365. The standard InChI is InChI=1S/C18H17NO5/c1-18(14-5-3-4-6-16(14)24-17(18)20)15(11-19(21)22)12-7-9-13(23-2)10-8-12/h3-10,15H,11H2,1-2H3/t15-,18+/m1/s1. The maximum absolute atomic E-state index is 12.6. The third-order valence-electron chi connectivity index (χ3n) is 4.62. The first-order valence-corrected chi connectivity index (χ1v) is 7.54. The summed E-state index contributed by atoms with van der Waals surface area (Å²) in [5, 5.41) is 11.3. The Morgan fingerprint density at radius 3 is 2.50 bits per heavy atom. The Morgan fingerprint density at radius 2 is 1.88 bits per heavy atom. The number of rotatable bonds is 5. The predicted molar refractivity (Wildman–Crippen MR) is 87.0 cm³/mol. The van der Waals surface area contributed by atoms with Crippen LogP contribution < -0.4 is 9.47 Å². The number of hydrogen-bond donors (Lipinski definition) is 0. The zero-order valence-electron chi connectivity index (χ0n) is 13.4. The van der Waals surface area contributed by atoms with Gasteiger partial charge in [-0.15, -0.1) is 0 Å². The van der Waals surface area contributed by atoms with Gasteiger partial charge in [-0.25, -0.2) is 0 Å². The molecule has 1 aliphatic rings. The molecule has 2 aromatic carbocycles. The lowest BCUT2D eigenvalue weighted by molar-refractivity contribution is -0.484. The molecule has 0 bridgehead atoms. The first-order valence-electron chi connectivity index (χ1n) is 7.54. The van der Waals surface area contributed by atoms with Gasteiger partial charge in [0.05, 0.1) is 13.0 Å². The van der Waals surface area contributed by atoms with Crippen molar-refractivity contribution < 1.29 is 19.2 Å². The average Bonchev–Trinajstić information content (AvgIpc) is 2.85. The second-order valence-corrected chi connectivity index (χ2v) is 5.93. The fraction of sp³-hybridized carbons (Fsp3) is 0.278. The SMILES string of the molecule is COc1ccc([C@@H](C[N+](=O)[O-])[C@@]2(C)C(=O)Oc3ccccc32)cc1. The predicted octanol–water partition coefficient (Wildman–Crippen LogP) is 2.93. The first kappa shape index (κ1) is 16.0. The Morgan fingerprint density at radius 1 is 1.21 bits per heavy atom. The third kappa shape index (κ3) is 2.50. The van der Waals surface area contributed by atoms with Gasteiger partial charge in [-0.05, 0) is 30.7 Å². The van der Waals surface area contributed by atoms with Crippen LogP contribution in [0.2, 0.25) is 0 Å². The van der Waals surface area contributed by atoms with Crippen LogP contribution in [-0.4, -0.2) is 24.5 Å². The highest BCUT2D eigenvalue weighted by molar-refractivity contribution is 5.91. The number of nitrogens with zero attached hydrogens (tertiary/aromatic N) is 1. The average molecular weight is 327 g/mol. The fourth-order valence-electron chi connectivity index (χ4n) is 3.24. The van der Waals surface area contributed by atoms with E-state index in [4.69, 9.17) is 9.47 Å². The third-order valence-corrected chi connectivity index (χ3v) is 4.62. The van der Waals surface area contributed by atoms with E-state index in [2.05, 4.69) is 0 Å². The molecule has 6 heteroatoms. The lowest BCUT2D eigenvalue weighted by Gasteiger charge is -2.29. The molecule has 2 atom stereocenters. The minimum absolute atomic E-state index is 0.369. The summed E-state index contributed by atoms with van der Waals surface area (Å²) in [4.78, 5) is 23.5. The second kappa shape index (κ2) is 5.96. The van der Waals surface area contributed by atoms with Crippen molar-refractivity contribution in [1.82, 2.24) is 0 Å². The van der Waals surface area contributed by atoms with E-state index >= 15 is 0 Å². The maximum Gasteiger partial charge on any atom is 0.322 e. The number of methoxy groups -OCH3 is 1. The highest BCUT2D eigenvalue weighted by atomic mass is 16.6. The van der Waals surface area contributed by atoms with Crippen molar-refractivity contribution in [3.8, 4) is 11.5 Å². The number of fused-ring (bicyclic) bond motifs is 1. The number of carbonyl (C=O) groups is 1. The molecule has 0 amide bonds. The van der Waals surface area contributed by atoms with Gasteiger partial charge in [0.1, 0.15) is 16.9 Å². The molecule has 6 nitrogen and oxygen atoms in total. The molecular formula is C18H17NO5. The molecule has 124 valence electrons. The van der Waals surface area contributed by atoms with Gasteiger partial charge >= 0.3 is 5.97 Å². The van der Waals surface area contributed by atoms with Gasteiger partial charge < -0.3 is 9.47 Å². The zero-order chi connectivity index (χ0) is 17.3. The summed E-state index contributed by atoms with van der Waals surface area (Å²) in [6, 6.07) is 14.0.